The molecule has 0 saturated carbocycles. The third-order valence-corrected chi connectivity index (χ3v) is 2.62. The van der Waals surface area contributed by atoms with Gasteiger partial charge in [-0.15, -0.1) is 0 Å². The minimum Gasteiger partial charge on any atom is -0.395 e. The first-order valence-corrected chi connectivity index (χ1v) is 5.49. The van der Waals surface area contributed by atoms with Crippen molar-refractivity contribution in [2.75, 3.05) is 18.5 Å². The highest BCUT2D eigenvalue weighted by Gasteiger charge is 2.01. The lowest BCUT2D eigenvalue weighted by molar-refractivity contribution is 0.311. The fourth-order valence-corrected chi connectivity index (χ4v) is 1.82. The molecule has 0 fully saturated rings. The number of hydrogen-bond acceptors (Lipinski definition) is 3. The maximum atomic E-state index is 8.77. The van der Waals surface area contributed by atoms with Gasteiger partial charge in [0.25, 0.3) is 0 Å². The van der Waals surface area contributed by atoms with Crippen molar-refractivity contribution in [3.05, 3.63) is 34.9 Å². The first-order chi connectivity index (χ1) is 7.31. The number of hydrogen-bond donors (Lipinski definition) is 2. The van der Waals surface area contributed by atoms with E-state index in [0.29, 0.717) is 6.54 Å². The van der Waals surface area contributed by atoms with Gasteiger partial charge in [-0.3, -0.25) is 4.98 Å². The van der Waals surface area contributed by atoms with Crippen LogP contribution in [0.4, 0.5) is 5.69 Å². The summed E-state index contributed by atoms with van der Waals surface area (Å²) in [4.78, 5) is 4.27. The van der Waals surface area contributed by atoms with Crippen LogP contribution in [0.5, 0.6) is 0 Å². The van der Waals surface area contributed by atoms with Crippen LogP contribution < -0.4 is 5.32 Å². The van der Waals surface area contributed by atoms with Crippen molar-refractivity contribution in [2.45, 2.75) is 0 Å². The molecule has 0 aliphatic rings. The number of nitrogens with zero attached hydrogens (tertiary/aromatic N) is 1. The molecule has 0 bridgehead atoms. The first kappa shape index (κ1) is 10.4. The molecule has 0 unspecified atom stereocenters. The Hall–Kier alpha value is -1.13. The van der Waals surface area contributed by atoms with Gasteiger partial charge >= 0.3 is 0 Å². The number of nitrogens with one attached hydrogen (secondary N) is 1. The molecule has 4 heteroatoms. The molecule has 0 saturated heterocycles. The summed E-state index contributed by atoms with van der Waals surface area (Å²) in [6.07, 6.45) is 1.76. The molecule has 0 amide bonds. The van der Waals surface area contributed by atoms with Gasteiger partial charge in [0.2, 0.25) is 0 Å². The van der Waals surface area contributed by atoms with Gasteiger partial charge in [-0.25, -0.2) is 0 Å². The maximum Gasteiger partial charge on any atom is 0.0723 e. The molecule has 2 aromatic rings. The largest absolute Gasteiger partial charge is 0.395 e. The molecule has 2 N–H and O–H groups in total. The van der Waals surface area contributed by atoms with Crippen LogP contribution in [-0.2, 0) is 0 Å². The van der Waals surface area contributed by atoms with Crippen LogP contribution >= 0.6 is 15.9 Å². The maximum absolute atomic E-state index is 8.77. The van der Waals surface area contributed by atoms with E-state index in [1.54, 1.807) is 6.20 Å². The fraction of sp³-hybridized carbons (Fsp3) is 0.182. The zero-order chi connectivity index (χ0) is 10.7. The number of anilines is 1. The van der Waals surface area contributed by atoms with Crippen molar-refractivity contribution in [3.8, 4) is 0 Å². The highest BCUT2D eigenvalue weighted by atomic mass is 79.9. The normalized spacial score (nSPS) is 10.5. The molecular weight excluding hydrogens is 256 g/mol. The summed E-state index contributed by atoms with van der Waals surface area (Å²) in [5.74, 6) is 0. The van der Waals surface area contributed by atoms with Crippen molar-refractivity contribution >= 4 is 32.5 Å². The average Bonchev–Trinajstić information content (AvgIpc) is 2.26. The van der Waals surface area contributed by atoms with E-state index in [1.807, 2.05) is 24.3 Å². The van der Waals surface area contributed by atoms with Crippen LogP contribution in [0.3, 0.4) is 0 Å². The number of benzene rings is 1. The number of aliphatic hydroxyl groups is 1. The van der Waals surface area contributed by atoms with Gasteiger partial charge in [0, 0.05) is 28.3 Å². The van der Waals surface area contributed by atoms with Crippen LogP contribution in [0.1, 0.15) is 0 Å². The highest BCUT2D eigenvalue weighted by molar-refractivity contribution is 9.10. The molecule has 0 spiro atoms. The summed E-state index contributed by atoms with van der Waals surface area (Å²) >= 11 is 3.43. The van der Waals surface area contributed by atoms with E-state index in [4.69, 9.17) is 5.11 Å². The molecule has 78 valence electrons. The number of rotatable bonds is 3. The molecule has 1 aromatic carbocycles. The van der Waals surface area contributed by atoms with Crippen LogP contribution in [0.25, 0.3) is 10.9 Å². The fourth-order valence-electron chi connectivity index (χ4n) is 1.46. The highest BCUT2D eigenvalue weighted by Crippen LogP contribution is 2.24. The van der Waals surface area contributed by atoms with Crippen molar-refractivity contribution in [1.29, 1.82) is 0 Å². The topological polar surface area (TPSA) is 45.1 Å². The van der Waals surface area contributed by atoms with Gasteiger partial charge < -0.3 is 10.4 Å². The van der Waals surface area contributed by atoms with Crippen LogP contribution in [0, 0.1) is 0 Å². The summed E-state index contributed by atoms with van der Waals surface area (Å²) in [5, 5.41) is 13.0. The monoisotopic (exact) mass is 266 g/mol. The van der Waals surface area contributed by atoms with Crippen molar-refractivity contribution in [1.82, 2.24) is 4.98 Å². The summed E-state index contributed by atoms with van der Waals surface area (Å²) < 4.78 is 1.02. The minimum atomic E-state index is 0.123. The second kappa shape index (κ2) is 4.59. The average molecular weight is 267 g/mol. The Morgan fingerprint density at radius 3 is 3.00 bits per heavy atom. The first-order valence-electron chi connectivity index (χ1n) is 4.70. The van der Waals surface area contributed by atoms with E-state index < -0.39 is 0 Å². The molecule has 0 radical (unpaired) electrons. The number of aromatic nitrogens is 1. The van der Waals surface area contributed by atoms with Gasteiger partial charge in [0.05, 0.1) is 12.1 Å². The SMILES string of the molecule is OCCNc1ccnc2ccc(Br)cc12. The lowest BCUT2D eigenvalue weighted by Gasteiger charge is -2.07. The quantitative estimate of drug-likeness (QED) is 0.897. The van der Waals surface area contributed by atoms with Gasteiger partial charge in [0.1, 0.15) is 0 Å². The Kier molecular flexibility index (Phi) is 3.18. The van der Waals surface area contributed by atoms with Crippen molar-refractivity contribution in [3.63, 3.8) is 0 Å². The van der Waals surface area contributed by atoms with E-state index in [9.17, 15) is 0 Å². The summed E-state index contributed by atoms with van der Waals surface area (Å²) in [6.45, 7) is 0.670. The van der Waals surface area contributed by atoms with Crippen molar-refractivity contribution < 1.29 is 5.11 Å². The summed E-state index contributed by atoms with van der Waals surface area (Å²) in [5.41, 5.74) is 1.94. The predicted octanol–water partition coefficient (Wildman–Crippen LogP) is 2.40. The molecule has 15 heavy (non-hydrogen) atoms. The molecular formula is C11H11BrN2O. The van der Waals surface area contributed by atoms with E-state index in [0.717, 1.165) is 21.1 Å². The number of aliphatic hydroxyl groups excluding tert-OH is 1. The Labute approximate surface area is 96.3 Å². The summed E-state index contributed by atoms with van der Waals surface area (Å²) in [7, 11) is 0. The second-order valence-electron chi connectivity index (χ2n) is 3.17. The van der Waals surface area contributed by atoms with E-state index >= 15 is 0 Å². The molecule has 0 atom stereocenters. The van der Waals surface area contributed by atoms with Gasteiger partial charge in [-0.2, -0.15) is 0 Å². The number of fused-ring (bicyclic) bond motifs is 1. The Morgan fingerprint density at radius 1 is 1.33 bits per heavy atom. The van der Waals surface area contributed by atoms with E-state index in [-0.39, 0.29) is 6.61 Å². The van der Waals surface area contributed by atoms with E-state index in [2.05, 4.69) is 26.2 Å². The lowest BCUT2D eigenvalue weighted by atomic mass is 10.2. The smallest absolute Gasteiger partial charge is 0.0723 e. The van der Waals surface area contributed by atoms with Gasteiger partial charge in [-0.1, -0.05) is 15.9 Å². The van der Waals surface area contributed by atoms with Crippen LogP contribution in [0.15, 0.2) is 34.9 Å². The third kappa shape index (κ3) is 2.27. The predicted molar refractivity (Wildman–Crippen MR) is 65.0 cm³/mol. The lowest BCUT2D eigenvalue weighted by Crippen LogP contribution is -2.05. The molecule has 0 aliphatic heterocycles. The molecule has 2 rings (SSSR count). The Morgan fingerprint density at radius 2 is 2.20 bits per heavy atom. The van der Waals surface area contributed by atoms with Crippen LogP contribution in [0.2, 0.25) is 0 Å². The standard InChI is InChI=1S/C11H11BrN2O/c12-8-1-2-10-9(7-8)11(3-4-13-10)14-5-6-15/h1-4,7,15H,5-6H2,(H,13,14). The zero-order valence-corrected chi connectivity index (χ0v) is 9.66. The third-order valence-electron chi connectivity index (χ3n) is 2.13. The van der Waals surface area contributed by atoms with Gasteiger partial charge in [-0.05, 0) is 24.3 Å². The zero-order valence-electron chi connectivity index (χ0n) is 8.07. The minimum absolute atomic E-state index is 0.123. The van der Waals surface area contributed by atoms with Crippen molar-refractivity contribution in [2.24, 2.45) is 0 Å². The number of halogens is 1. The molecule has 1 heterocycles. The molecule has 0 aliphatic carbocycles. The second-order valence-corrected chi connectivity index (χ2v) is 4.09. The molecule has 1 aromatic heterocycles. The number of pyridine rings is 1. The Bertz CT molecular complexity index is 473. The Balaban J connectivity index is 2.48. The van der Waals surface area contributed by atoms with E-state index in [1.165, 1.54) is 0 Å². The molecule has 3 nitrogen and oxygen atoms in total. The van der Waals surface area contributed by atoms with Crippen LogP contribution in [-0.4, -0.2) is 23.2 Å². The van der Waals surface area contributed by atoms with Gasteiger partial charge in [0.15, 0.2) is 0 Å². The summed E-state index contributed by atoms with van der Waals surface area (Å²) in [6, 6.07) is 7.85.